The van der Waals surface area contributed by atoms with Crippen molar-refractivity contribution in [1.29, 1.82) is 0 Å². The third kappa shape index (κ3) is 0.585. The van der Waals surface area contributed by atoms with Gasteiger partial charge in [-0.3, -0.25) is 0 Å². The van der Waals surface area contributed by atoms with Gasteiger partial charge in [-0.1, -0.05) is 0 Å². The average molecular weight is 97.1 g/mol. The van der Waals surface area contributed by atoms with E-state index in [1.165, 1.54) is 12.5 Å². The predicted molar refractivity (Wildman–Crippen MR) is 24.8 cm³/mol. The van der Waals surface area contributed by atoms with Gasteiger partial charge in [0.25, 0.3) is 0 Å². The molecule has 1 heterocycles. The van der Waals surface area contributed by atoms with Crippen molar-refractivity contribution in [3.8, 4) is 5.75 Å². The van der Waals surface area contributed by atoms with Crippen molar-refractivity contribution < 1.29 is 9.52 Å². The van der Waals surface area contributed by atoms with Crippen LogP contribution in [0.2, 0.25) is 0 Å². The maximum Gasteiger partial charge on any atom is 0.156 e. The Balaban J connectivity index is 3.12. The molecule has 1 radical (unpaired) electrons. The third-order valence-electron chi connectivity index (χ3n) is 0.719. The van der Waals surface area contributed by atoms with E-state index < -0.39 is 0 Å². The first kappa shape index (κ1) is 4.24. The van der Waals surface area contributed by atoms with Crippen molar-refractivity contribution in [3.63, 3.8) is 0 Å². The molecule has 0 aromatic carbocycles. The topological polar surface area (TPSA) is 33.4 Å². The second-order valence-corrected chi connectivity index (χ2v) is 1.28. The maximum atomic E-state index is 8.60. The maximum absolute atomic E-state index is 8.60. The molecule has 1 N–H and O–H groups in total. The number of hydrogen-bond donors (Lipinski definition) is 1. The van der Waals surface area contributed by atoms with Gasteiger partial charge in [0.05, 0.1) is 6.26 Å². The lowest BCUT2D eigenvalue weighted by Gasteiger charge is -1.76. The zero-order valence-corrected chi connectivity index (χ0v) is 3.72. The Kier molecular flexibility index (Phi) is 0.785. The van der Waals surface area contributed by atoms with Crippen LogP contribution in [0.5, 0.6) is 5.75 Å². The fourth-order valence-corrected chi connectivity index (χ4v) is 0.317. The normalized spacial score (nSPS) is 9.29. The molecule has 0 aliphatic rings. The number of aromatic hydroxyl groups is 1. The molecule has 2 nitrogen and oxygen atoms in total. The quantitative estimate of drug-likeness (QED) is 0.527. The van der Waals surface area contributed by atoms with Crippen LogP contribution in [0.15, 0.2) is 16.9 Å². The zero-order chi connectivity index (χ0) is 5.28. The van der Waals surface area contributed by atoms with Crippen LogP contribution in [-0.4, -0.2) is 5.11 Å². The summed E-state index contributed by atoms with van der Waals surface area (Å²) in [6.07, 6.45) is 2.62. The molecule has 0 saturated heterocycles. The Hall–Kier alpha value is -0.920. The van der Waals surface area contributed by atoms with Crippen molar-refractivity contribution in [2.75, 3.05) is 0 Å². The highest BCUT2D eigenvalue weighted by atomic mass is 16.3. The van der Waals surface area contributed by atoms with Gasteiger partial charge in [0.15, 0.2) is 5.75 Å². The van der Waals surface area contributed by atoms with Crippen molar-refractivity contribution in [3.05, 3.63) is 25.0 Å². The van der Waals surface area contributed by atoms with Crippen molar-refractivity contribution in [2.24, 2.45) is 0 Å². The van der Waals surface area contributed by atoms with Gasteiger partial charge in [0, 0.05) is 5.56 Å². The monoisotopic (exact) mass is 97.0 g/mol. The summed E-state index contributed by atoms with van der Waals surface area (Å²) in [5.74, 6) is 0.111. The number of rotatable bonds is 0. The zero-order valence-electron chi connectivity index (χ0n) is 3.72. The lowest BCUT2D eigenvalue weighted by atomic mass is 10.4. The van der Waals surface area contributed by atoms with E-state index >= 15 is 0 Å². The Bertz CT molecular complexity index is 138. The van der Waals surface area contributed by atoms with Gasteiger partial charge in [0.2, 0.25) is 0 Å². The molecule has 0 spiro atoms. The van der Waals surface area contributed by atoms with E-state index in [2.05, 4.69) is 11.3 Å². The molecule has 1 rings (SSSR count). The van der Waals surface area contributed by atoms with Gasteiger partial charge < -0.3 is 9.52 Å². The van der Waals surface area contributed by atoms with Gasteiger partial charge in [-0.15, -0.1) is 0 Å². The minimum absolute atomic E-state index is 0.111. The summed E-state index contributed by atoms with van der Waals surface area (Å²) < 4.78 is 4.53. The molecule has 2 heteroatoms. The number of hydrogen-bond acceptors (Lipinski definition) is 2. The molecular weight excluding hydrogens is 92.1 g/mol. The van der Waals surface area contributed by atoms with Crippen molar-refractivity contribution >= 4 is 0 Å². The lowest BCUT2D eigenvalue weighted by molar-refractivity contribution is 0.457. The Morgan fingerprint density at radius 2 is 2.29 bits per heavy atom. The van der Waals surface area contributed by atoms with Gasteiger partial charge in [-0.05, 0) is 6.92 Å². The summed E-state index contributed by atoms with van der Waals surface area (Å²) in [4.78, 5) is 0. The molecule has 0 unspecified atom stereocenters. The Morgan fingerprint density at radius 1 is 1.57 bits per heavy atom. The first-order chi connectivity index (χ1) is 3.30. The molecule has 7 heavy (non-hydrogen) atoms. The van der Waals surface area contributed by atoms with Crippen LogP contribution in [0.4, 0.5) is 0 Å². The highest BCUT2D eigenvalue weighted by Crippen LogP contribution is 2.14. The highest BCUT2D eigenvalue weighted by Gasteiger charge is 1.92. The molecule has 0 aliphatic heterocycles. The van der Waals surface area contributed by atoms with E-state index in [-0.39, 0.29) is 5.75 Å². The second kappa shape index (κ2) is 1.30. The summed E-state index contributed by atoms with van der Waals surface area (Å²) in [6, 6.07) is 0. The molecule has 37 valence electrons. The Morgan fingerprint density at radius 3 is 2.43 bits per heavy atom. The largest absolute Gasteiger partial charge is 0.504 e. The molecule has 0 amide bonds. The summed E-state index contributed by atoms with van der Waals surface area (Å²) in [5.41, 5.74) is 0.528. The lowest BCUT2D eigenvalue weighted by Crippen LogP contribution is -1.57. The van der Waals surface area contributed by atoms with Crippen LogP contribution in [0, 0.1) is 6.92 Å². The smallest absolute Gasteiger partial charge is 0.156 e. The minimum atomic E-state index is 0.111. The first-order valence-electron chi connectivity index (χ1n) is 1.88. The van der Waals surface area contributed by atoms with Crippen molar-refractivity contribution in [1.82, 2.24) is 0 Å². The van der Waals surface area contributed by atoms with E-state index in [0.29, 0.717) is 5.56 Å². The molecule has 0 fully saturated rings. The summed E-state index contributed by atoms with van der Waals surface area (Å²) >= 11 is 0. The summed E-state index contributed by atoms with van der Waals surface area (Å²) in [6.45, 7) is 3.44. The van der Waals surface area contributed by atoms with Crippen LogP contribution in [-0.2, 0) is 0 Å². The third-order valence-corrected chi connectivity index (χ3v) is 0.719. The first-order valence-corrected chi connectivity index (χ1v) is 1.88. The molecular formula is C5H5O2. The van der Waals surface area contributed by atoms with Crippen LogP contribution >= 0.6 is 0 Å². The van der Waals surface area contributed by atoms with E-state index in [1.54, 1.807) is 0 Å². The predicted octanol–water partition coefficient (Wildman–Crippen LogP) is 1.17. The van der Waals surface area contributed by atoms with Crippen LogP contribution in [0.3, 0.4) is 0 Å². The van der Waals surface area contributed by atoms with Gasteiger partial charge in [-0.2, -0.15) is 0 Å². The fraction of sp³-hybridized carbons (Fsp3) is 0. The van der Waals surface area contributed by atoms with E-state index in [0.717, 1.165) is 0 Å². The SMILES string of the molecule is [CH2]c1cocc1O. The minimum Gasteiger partial charge on any atom is -0.504 e. The highest BCUT2D eigenvalue weighted by molar-refractivity contribution is 5.27. The van der Waals surface area contributed by atoms with E-state index in [4.69, 9.17) is 5.11 Å². The average Bonchev–Trinajstić information content (AvgIpc) is 1.91. The number of furan rings is 1. The molecule has 1 aromatic rings. The van der Waals surface area contributed by atoms with Crippen molar-refractivity contribution in [2.45, 2.75) is 0 Å². The fourth-order valence-electron chi connectivity index (χ4n) is 0.317. The summed E-state index contributed by atoms with van der Waals surface area (Å²) in [7, 11) is 0. The molecule has 0 aliphatic carbocycles. The standard InChI is InChI=1S/C5H5O2/c1-4-2-7-3-5(4)6/h2-3,6H,1H2. The van der Waals surface area contributed by atoms with Gasteiger partial charge in [-0.25, -0.2) is 0 Å². The molecule has 0 atom stereocenters. The van der Waals surface area contributed by atoms with Crippen LogP contribution < -0.4 is 0 Å². The van der Waals surface area contributed by atoms with Gasteiger partial charge in [0.1, 0.15) is 6.26 Å². The van der Waals surface area contributed by atoms with E-state index in [1.807, 2.05) is 0 Å². The summed E-state index contributed by atoms with van der Waals surface area (Å²) in [5, 5.41) is 8.60. The molecule has 0 bridgehead atoms. The molecule has 0 saturated carbocycles. The van der Waals surface area contributed by atoms with Gasteiger partial charge >= 0.3 is 0 Å². The Labute approximate surface area is 41.4 Å². The second-order valence-electron chi connectivity index (χ2n) is 1.28. The van der Waals surface area contributed by atoms with Crippen LogP contribution in [0.1, 0.15) is 5.56 Å². The van der Waals surface area contributed by atoms with E-state index in [9.17, 15) is 0 Å². The van der Waals surface area contributed by atoms with Crippen LogP contribution in [0.25, 0.3) is 0 Å². The molecule has 1 aromatic heterocycles.